The zero-order valence-corrected chi connectivity index (χ0v) is 11.4. The minimum atomic E-state index is -1.66. The number of ketones is 1. The quantitative estimate of drug-likeness (QED) is 0.677. The fourth-order valence-corrected chi connectivity index (χ4v) is 2.33. The van der Waals surface area contributed by atoms with Crippen LogP contribution in [-0.2, 0) is 14.3 Å². The van der Waals surface area contributed by atoms with Gasteiger partial charge in [-0.3, -0.25) is 4.79 Å². The highest BCUT2D eigenvalue weighted by molar-refractivity contribution is 6.09. The van der Waals surface area contributed by atoms with Gasteiger partial charge in [-0.15, -0.1) is 0 Å². The van der Waals surface area contributed by atoms with Gasteiger partial charge in [0.1, 0.15) is 0 Å². The first-order valence-electron chi connectivity index (χ1n) is 6.65. The van der Waals surface area contributed by atoms with Crippen molar-refractivity contribution >= 4 is 11.8 Å². The number of carbonyl (C=O) groups is 2. The molecule has 21 heavy (non-hydrogen) atoms. The summed E-state index contributed by atoms with van der Waals surface area (Å²) >= 11 is 0. The van der Waals surface area contributed by atoms with E-state index in [-0.39, 0.29) is 0 Å². The number of aryl methyl sites for hydroxylation is 1. The minimum Gasteiger partial charge on any atom is -0.447 e. The van der Waals surface area contributed by atoms with E-state index in [1.54, 1.807) is 12.1 Å². The molecule has 4 heteroatoms. The topological polar surface area (TPSA) is 63.6 Å². The van der Waals surface area contributed by atoms with Gasteiger partial charge in [-0.2, -0.15) is 0 Å². The Bertz CT molecular complexity index is 686. The summed E-state index contributed by atoms with van der Waals surface area (Å²) < 4.78 is 4.89. The van der Waals surface area contributed by atoms with Crippen LogP contribution in [0.2, 0.25) is 0 Å². The predicted octanol–water partition coefficient (Wildman–Crippen LogP) is 2.19. The van der Waals surface area contributed by atoms with Gasteiger partial charge in [0, 0.05) is 5.56 Å². The fourth-order valence-electron chi connectivity index (χ4n) is 2.33. The van der Waals surface area contributed by atoms with Crippen LogP contribution in [0.5, 0.6) is 0 Å². The van der Waals surface area contributed by atoms with Crippen LogP contribution in [0, 0.1) is 6.92 Å². The molecule has 4 nitrogen and oxygen atoms in total. The lowest BCUT2D eigenvalue weighted by atomic mass is 9.99. The van der Waals surface area contributed by atoms with Crippen molar-refractivity contribution in [1.82, 2.24) is 0 Å². The fraction of sp³-hybridized carbons (Fsp3) is 0.176. The summed E-state index contributed by atoms with van der Waals surface area (Å²) in [5.41, 5.74) is 3.84. The molecule has 2 aromatic carbocycles. The Morgan fingerprint density at radius 2 is 1.43 bits per heavy atom. The highest BCUT2D eigenvalue weighted by atomic mass is 16.6. The van der Waals surface area contributed by atoms with Crippen LogP contribution in [0.1, 0.15) is 17.2 Å². The number of benzene rings is 2. The summed E-state index contributed by atoms with van der Waals surface area (Å²) in [5, 5.41) is 9.33. The number of aliphatic hydroxyl groups excluding tert-OH is 1. The lowest BCUT2D eigenvalue weighted by molar-refractivity contribution is -0.147. The normalized spacial score (nSPS) is 21.4. The van der Waals surface area contributed by atoms with Crippen molar-refractivity contribution in [2.45, 2.75) is 19.1 Å². The van der Waals surface area contributed by atoms with Crippen LogP contribution in [-0.4, -0.2) is 23.0 Å². The van der Waals surface area contributed by atoms with E-state index in [0.29, 0.717) is 5.56 Å². The molecule has 2 aromatic rings. The molecule has 0 aromatic heterocycles. The molecule has 0 aliphatic carbocycles. The number of aliphatic hydroxyl groups is 1. The van der Waals surface area contributed by atoms with E-state index in [0.717, 1.165) is 11.1 Å². The van der Waals surface area contributed by atoms with Crippen molar-refractivity contribution in [2.75, 3.05) is 0 Å². The molecule has 1 saturated heterocycles. The third kappa shape index (κ3) is 2.45. The Morgan fingerprint density at radius 1 is 0.905 bits per heavy atom. The van der Waals surface area contributed by atoms with Crippen molar-refractivity contribution in [3.05, 3.63) is 59.7 Å². The van der Waals surface area contributed by atoms with Crippen molar-refractivity contribution in [1.29, 1.82) is 0 Å². The van der Waals surface area contributed by atoms with Crippen LogP contribution >= 0.6 is 0 Å². The molecule has 1 aliphatic heterocycles. The van der Waals surface area contributed by atoms with E-state index in [1.165, 1.54) is 5.56 Å². The zero-order chi connectivity index (χ0) is 15.0. The average molecular weight is 282 g/mol. The van der Waals surface area contributed by atoms with Gasteiger partial charge in [-0.25, -0.2) is 4.79 Å². The molecule has 1 aliphatic rings. The lowest BCUT2D eigenvalue weighted by Gasteiger charge is -2.09. The van der Waals surface area contributed by atoms with E-state index in [9.17, 15) is 14.7 Å². The van der Waals surface area contributed by atoms with Crippen LogP contribution in [0.3, 0.4) is 0 Å². The second kappa shape index (κ2) is 5.14. The Balaban J connectivity index is 1.86. The van der Waals surface area contributed by atoms with Crippen LogP contribution in [0.15, 0.2) is 48.5 Å². The third-order valence-electron chi connectivity index (χ3n) is 3.58. The number of carbonyl (C=O) groups excluding carboxylic acids is 2. The molecule has 106 valence electrons. The largest absolute Gasteiger partial charge is 0.447 e. The van der Waals surface area contributed by atoms with E-state index < -0.39 is 24.0 Å². The van der Waals surface area contributed by atoms with Gasteiger partial charge in [0.15, 0.2) is 6.10 Å². The second-order valence-corrected chi connectivity index (χ2v) is 5.11. The van der Waals surface area contributed by atoms with Crippen molar-refractivity contribution in [2.24, 2.45) is 0 Å². The Morgan fingerprint density at radius 3 is 1.90 bits per heavy atom. The molecular weight excluding hydrogens is 268 g/mol. The van der Waals surface area contributed by atoms with Crippen molar-refractivity contribution in [3.8, 4) is 11.1 Å². The van der Waals surface area contributed by atoms with E-state index in [1.807, 2.05) is 43.3 Å². The number of cyclic esters (lactones) is 1. The number of rotatable bonds is 2. The number of esters is 1. The maximum Gasteiger partial charge on any atom is 0.344 e. The molecule has 2 unspecified atom stereocenters. The maximum atomic E-state index is 11.7. The van der Waals surface area contributed by atoms with Crippen LogP contribution in [0.4, 0.5) is 0 Å². The van der Waals surface area contributed by atoms with E-state index in [2.05, 4.69) is 0 Å². The van der Waals surface area contributed by atoms with E-state index in [4.69, 9.17) is 4.74 Å². The summed E-state index contributed by atoms with van der Waals surface area (Å²) in [7, 11) is 0. The molecular formula is C17H14O4. The maximum absolute atomic E-state index is 11.7. The first-order chi connectivity index (χ1) is 10.1. The smallest absolute Gasteiger partial charge is 0.344 e. The monoisotopic (exact) mass is 282 g/mol. The molecule has 0 bridgehead atoms. The predicted molar refractivity (Wildman–Crippen MR) is 76.5 cm³/mol. The number of ether oxygens (including phenoxy) is 1. The number of hydrogen-bond acceptors (Lipinski definition) is 4. The van der Waals surface area contributed by atoms with Gasteiger partial charge in [-0.05, 0) is 18.1 Å². The highest BCUT2D eigenvalue weighted by Crippen LogP contribution is 2.29. The van der Waals surface area contributed by atoms with Gasteiger partial charge >= 0.3 is 5.97 Å². The lowest BCUT2D eigenvalue weighted by Crippen LogP contribution is -2.21. The van der Waals surface area contributed by atoms with Crippen molar-refractivity contribution in [3.63, 3.8) is 0 Å². The molecule has 0 spiro atoms. The third-order valence-corrected chi connectivity index (χ3v) is 3.58. The van der Waals surface area contributed by atoms with Gasteiger partial charge in [0.25, 0.3) is 0 Å². The molecule has 0 saturated carbocycles. The summed E-state index contributed by atoms with van der Waals surface area (Å²) in [6.07, 6.45) is -2.66. The first kappa shape index (κ1) is 13.5. The molecule has 0 amide bonds. The molecule has 1 fully saturated rings. The molecule has 1 heterocycles. The van der Waals surface area contributed by atoms with E-state index >= 15 is 0 Å². The SMILES string of the molecule is Cc1ccc(-c2ccc(C3OC(=O)C(O)C3=O)cc2)cc1. The van der Waals surface area contributed by atoms with Crippen LogP contribution in [0.25, 0.3) is 11.1 Å². The van der Waals surface area contributed by atoms with Gasteiger partial charge in [0.2, 0.25) is 11.9 Å². The number of Topliss-reactive ketones (excluding diaryl/α,β-unsaturated/α-hetero) is 1. The standard InChI is InChI=1S/C17H14O4/c1-10-2-4-11(5-3-10)12-6-8-13(9-7-12)16-14(18)15(19)17(20)21-16/h2-9,15-16,19H,1H3. The van der Waals surface area contributed by atoms with Crippen LogP contribution < -0.4 is 0 Å². The Kier molecular flexibility index (Phi) is 3.31. The highest BCUT2D eigenvalue weighted by Gasteiger charge is 2.42. The van der Waals surface area contributed by atoms with Crippen molar-refractivity contribution < 1.29 is 19.4 Å². The van der Waals surface area contributed by atoms with Gasteiger partial charge in [-0.1, -0.05) is 54.1 Å². The zero-order valence-electron chi connectivity index (χ0n) is 11.4. The molecule has 2 atom stereocenters. The first-order valence-corrected chi connectivity index (χ1v) is 6.65. The van der Waals surface area contributed by atoms with Gasteiger partial charge < -0.3 is 9.84 Å². The summed E-state index contributed by atoms with van der Waals surface area (Å²) in [5.74, 6) is -1.49. The minimum absolute atomic E-state index is 0.570. The van der Waals surface area contributed by atoms with Gasteiger partial charge in [0.05, 0.1) is 0 Å². The average Bonchev–Trinajstić information content (AvgIpc) is 2.76. The Labute approximate surface area is 122 Å². The Hall–Kier alpha value is -2.46. The molecule has 3 rings (SSSR count). The summed E-state index contributed by atoms with van der Waals surface area (Å²) in [4.78, 5) is 22.9. The summed E-state index contributed by atoms with van der Waals surface area (Å²) in [6, 6.07) is 15.3. The summed E-state index contributed by atoms with van der Waals surface area (Å²) in [6.45, 7) is 2.03. The molecule has 1 N–H and O–H groups in total. The number of hydrogen-bond donors (Lipinski definition) is 1. The second-order valence-electron chi connectivity index (χ2n) is 5.11. The molecule has 0 radical (unpaired) electrons.